The first-order valence-electron chi connectivity index (χ1n) is 5.96. The van der Waals surface area contributed by atoms with Gasteiger partial charge in [-0.2, -0.15) is 0 Å². The summed E-state index contributed by atoms with van der Waals surface area (Å²) in [6.07, 6.45) is 0. The molecule has 0 aromatic carbocycles. The van der Waals surface area contributed by atoms with Gasteiger partial charge in [-0.15, -0.1) is 0 Å². The minimum Gasteiger partial charge on any atom is -0.329 e. The number of rotatable bonds is 4. The molecule has 1 saturated heterocycles. The van der Waals surface area contributed by atoms with Crippen molar-refractivity contribution in [2.75, 3.05) is 33.2 Å². The van der Waals surface area contributed by atoms with E-state index in [1.807, 2.05) is 6.07 Å². The Bertz CT molecular complexity index is 423. The Kier molecular flexibility index (Phi) is 4.28. The third-order valence-corrected chi connectivity index (χ3v) is 4.29. The van der Waals surface area contributed by atoms with E-state index in [9.17, 15) is 10.1 Å². The Balaban J connectivity index is 2.00. The predicted octanol–water partition coefficient (Wildman–Crippen LogP) is 0.731. The molecule has 1 aromatic heterocycles. The minimum absolute atomic E-state index is 0.212. The predicted molar refractivity (Wildman–Crippen MR) is 71.7 cm³/mol. The van der Waals surface area contributed by atoms with E-state index in [1.165, 1.54) is 11.3 Å². The van der Waals surface area contributed by atoms with Crippen LogP contribution in [-0.4, -0.2) is 54.0 Å². The SMILES string of the molecule is CN1CCN(Cc2ccc([N+](=O)[O-])s2)C(CN)C1. The molecule has 2 rings (SSSR count). The maximum absolute atomic E-state index is 10.6. The van der Waals surface area contributed by atoms with Crippen LogP contribution in [0, 0.1) is 10.1 Å². The highest BCUT2D eigenvalue weighted by Gasteiger charge is 2.24. The first-order chi connectivity index (χ1) is 8.60. The number of nitro groups is 1. The molecule has 1 aromatic rings. The number of likely N-dealkylation sites (N-methyl/N-ethyl adjacent to an activating group) is 1. The van der Waals surface area contributed by atoms with E-state index in [-0.39, 0.29) is 9.92 Å². The van der Waals surface area contributed by atoms with Gasteiger partial charge < -0.3 is 10.6 Å². The van der Waals surface area contributed by atoms with Gasteiger partial charge in [0.25, 0.3) is 0 Å². The largest absolute Gasteiger partial charge is 0.329 e. The maximum Gasteiger partial charge on any atom is 0.324 e. The second kappa shape index (κ2) is 5.75. The van der Waals surface area contributed by atoms with Crippen molar-refractivity contribution in [3.8, 4) is 0 Å². The van der Waals surface area contributed by atoms with E-state index in [4.69, 9.17) is 5.73 Å². The van der Waals surface area contributed by atoms with E-state index in [1.54, 1.807) is 6.07 Å². The molecule has 1 fully saturated rings. The summed E-state index contributed by atoms with van der Waals surface area (Å²) in [5, 5.41) is 10.9. The van der Waals surface area contributed by atoms with Crippen LogP contribution < -0.4 is 5.73 Å². The van der Waals surface area contributed by atoms with Crippen LogP contribution in [0.15, 0.2) is 12.1 Å². The van der Waals surface area contributed by atoms with Crippen LogP contribution in [0.4, 0.5) is 5.00 Å². The second-order valence-corrected chi connectivity index (χ2v) is 5.77. The minimum atomic E-state index is -0.335. The highest BCUT2D eigenvalue weighted by Crippen LogP contribution is 2.26. The van der Waals surface area contributed by atoms with Crippen molar-refractivity contribution in [3.63, 3.8) is 0 Å². The van der Waals surface area contributed by atoms with Crippen molar-refractivity contribution in [2.45, 2.75) is 12.6 Å². The molecule has 0 radical (unpaired) electrons. The van der Waals surface area contributed by atoms with Gasteiger partial charge in [-0.25, -0.2) is 0 Å². The van der Waals surface area contributed by atoms with Crippen molar-refractivity contribution in [1.29, 1.82) is 0 Å². The van der Waals surface area contributed by atoms with Crippen molar-refractivity contribution >= 4 is 16.3 Å². The molecule has 7 heteroatoms. The van der Waals surface area contributed by atoms with E-state index in [2.05, 4.69) is 16.8 Å². The van der Waals surface area contributed by atoms with Crippen molar-refractivity contribution in [3.05, 3.63) is 27.1 Å². The molecular weight excluding hydrogens is 252 g/mol. The van der Waals surface area contributed by atoms with Crippen LogP contribution >= 0.6 is 11.3 Å². The summed E-state index contributed by atoms with van der Waals surface area (Å²) in [7, 11) is 2.09. The number of piperazine rings is 1. The molecule has 2 N–H and O–H groups in total. The summed E-state index contributed by atoms with van der Waals surface area (Å²) in [4.78, 5) is 15.9. The van der Waals surface area contributed by atoms with Crippen LogP contribution in [0.1, 0.15) is 4.88 Å². The standard InChI is InChI=1S/C11H18N4O2S/c1-13-4-5-14(9(6-12)7-13)8-10-2-3-11(18-10)15(16)17/h2-3,9H,4-8,12H2,1H3. The summed E-state index contributed by atoms with van der Waals surface area (Å²) in [6, 6.07) is 3.76. The summed E-state index contributed by atoms with van der Waals surface area (Å²) in [6.45, 7) is 4.32. The van der Waals surface area contributed by atoms with Crippen LogP contribution in [0.3, 0.4) is 0 Å². The molecule has 100 valence electrons. The van der Waals surface area contributed by atoms with Gasteiger partial charge in [0.05, 0.1) is 4.92 Å². The smallest absolute Gasteiger partial charge is 0.324 e. The fourth-order valence-electron chi connectivity index (χ4n) is 2.23. The molecule has 0 saturated carbocycles. The summed E-state index contributed by atoms with van der Waals surface area (Å²) in [5.41, 5.74) is 5.79. The molecule has 6 nitrogen and oxygen atoms in total. The number of thiophene rings is 1. The molecule has 18 heavy (non-hydrogen) atoms. The summed E-state index contributed by atoms with van der Waals surface area (Å²) in [5.74, 6) is 0. The van der Waals surface area contributed by atoms with E-state index < -0.39 is 0 Å². The average molecular weight is 270 g/mol. The van der Waals surface area contributed by atoms with Crippen LogP contribution in [-0.2, 0) is 6.54 Å². The van der Waals surface area contributed by atoms with Crippen molar-refractivity contribution < 1.29 is 4.92 Å². The zero-order valence-corrected chi connectivity index (χ0v) is 11.2. The Morgan fingerprint density at radius 2 is 2.33 bits per heavy atom. The topological polar surface area (TPSA) is 75.6 Å². The van der Waals surface area contributed by atoms with Gasteiger partial charge in [0.2, 0.25) is 0 Å². The van der Waals surface area contributed by atoms with Gasteiger partial charge in [0, 0.05) is 49.7 Å². The van der Waals surface area contributed by atoms with E-state index >= 15 is 0 Å². The average Bonchev–Trinajstić information content (AvgIpc) is 2.80. The number of nitrogens with zero attached hydrogens (tertiary/aromatic N) is 3. The highest BCUT2D eigenvalue weighted by molar-refractivity contribution is 7.15. The third kappa shape index (κ3) is 3.05. The summed E-state index contributed by atoms with van der Waals surface area (Å²) >= 11 is 1.25. The molecule has 0 spiro atoms. The van der Waals surface area contributed by atoms with Gasteiger partial charge >= 0.3 is 5.00 Å². The van der Waals surface area contributed by atoms with Crippen LogP contribution in [0.2, 0.25) is 0 Å². The summed E-state index contributed by atoms with van der Waals surface area (Å²) < 4.78 is 0. The molecule has 2 heterocycles. The Hall–Kier alpha value is -1.02. The van der Waals surface area contributed by atoms with Gasteiger partial charge in [-0.3, -0.25) is 15.0 Å². The van der Waals surface area contributed by atoms with Crippen LogP contribution in [0.25, 0.3) is 0 Å². The number of hydrogen-bond donors (Lipinski definition) is 1. The molecule has 1 unspecified atom stereocenters. The lowest BCUT2D eigenvalue weighted by Crippen LogP contribution is -2.54. The van der Waals surface area contributed by atoms with Gasteiger partial charge in [-0.05, 0) is 13.1 Å². The second-order valence-electron chi connectivity index (χ2n) is 4.62. The lowest BCUT2D eigenvalue weighted by molar-refractivity contribution is -0.380. The lowest BCUT2D eigenvalue weighted by Gasteiger charge is -2.39. The van der Waals surface area contributed by atoms with Crippen molar-refractivity contribution in [1.82, 2.24) is 9.80 Å². The van der Waals surface area contributed by atoms with Gasteiger partial charge in [0.1, 0.15) is 0 Å². The Morgan fingerprint density at radius 1 is 1.56 bits per heavy atom. The Morgan fingerprint density at radius 3 is 2.94 bits per heavy atom. The van der Waals surface area contributed by atoms with Crippen molar-refractivity contribution in [2.24, 2.45) is 5.73 Å². The molecule has 0 amide bonds. The first kappa shape index (κ1) is 13.4. The fraction of sp³-hybridized carbons (Fsp3) is 0.636. The number of nitrogens with two attached hydrogens (primary N) is 1. The molecule has 1 atom stereocenters. The highest BCUT2D eigenvalue weighted by atomic mass is 32.1. The molecule has 0 aliphatic carbocycles. The molecule has 1 aliphatic heterocycles. The van der Waals surface area contributed by atoms with Gasteiger partial charge in [-0.1, -0.05) is 11.3 Å². The molecule has 1 aliphatic rings. The van der Waals surface area contributed by atoms with E-state index in [0.29, 0.717) is 12.6 Å². The van der Waals surface area contributed by atoms with Crippen LogP contribution in [0.5, 0.6) is 0 Å². The monoisotopic (exact) mass is 270 g/mol. The third-order valence-electron chi connectivity index (χ3n) is 3.27. The number of hydrogen-bond acceptors (Lipinski definition) is 6. The fourth-order valence-corrected chi connectivity index (χ4v) is 3.08. The Labute approximate surface area is 110 Å². The maximum atomic E-state index is 10.6. The van der Waals surface area contributed by atoms with E-state index in [0.717, 1.165) is 31.1 Å². The first-order valence-corrected chi connectivity index (χ1v) is 6.77. The lowest BCUT2D eigenvalue weighted by atomic mass is 10.1. The quantitative estimate of drug-likeness (QED) is 0.645. The normalized spacial score (nSPS) is 22.2. The zero-order chi connectivity index (χ0) is 13.1. The van der Waals surface area contributed by atoms with Gasteiger partial charge in [0.15, 0.2) is 0 Å². The molecule has 0 bridgehead atoms. The zero-order valence-electron chi connectivity index (χ0n) is 10.4. The molecular formula is C11H18N4O2S.